The lowest BCUT2D eigenvalue weighted by Crippen LogP contribution is -2.30. The zero-order chi connectivity index (χ0) is 16.3. The third kappa shape index (κ3) is 3.91. The van der Waals surface area contributed by atoms with Crippen molar-refractivity contribution in [2.24, 2.45) is 0 Å². The monoisotopic (exact) mass is 370 g/mol. The zero-order valence-corrected chi connectivity index (χ0v) is 13.3. The van der Waals surface area contributed by atoms with Gasteiger partial charge < -0.3 is 14.6 Å². The Hall–Kier alpha value is -2.22. The van der Waals surface area contributed by atoms with Crippen LogP contribution in [0, 0.1) is 12.7 Å². The van der Waals surface area contributed by atoms with E-state index < -0.39 is 23.8 Å². The third-order valence-electron chi connectivity index (χ3n) is 2.67. The number of carbonyl (C=O) groups is 2. The van der Waals surface area contributed by atoms with Crippen molar-refractivity contribution in [3.8, 4) is 0 Å². The van der Waals surface area contributed by atoms with Crippen LogP contribution in [0.1, 0.15) is 23.2 Å². The van der Waals surface area contributed by atoms with Gasteiger partial charge in [0, 0.05) is 10.5 Å². The molecule has 116 valence electrons. The normalized spacial score (nSPS) is 11.8. The number of hydrogen-bond donors (Lipinski definition) is 1. The lowest BCUT2D eigenvalue weighted by Gasteiger charge is -2.13. The zero-order valence-electron chi connectivity index (χ0n) is 11.7. The minimum Gasteiger partial charge on any atom is -0.447 e. The van der Waals surface area contributed by atoms with Crippen molar-refractivity contribution in [3.05, 3.63) is 46.0 Å². The number of halogens is 2. The fourth-order valence-corrected chi connectivity index (χ4v) is 1.89. The first-order valence-corrected chi connectivity index (χ1v) is 7.06. The van der Waals surface area contributed by atoms with Crippen molar-refractivity contribution < 1.29 is 23.2 Å². The predicted octanol–water partition coefficient (Wildman–Crippen LogP) is 3.07. The van der Waals surface area contributed by atoms with Crippen molar-refractivity contribution >= 4 is 33.5 Å². The maximum atomic E-state index is 13.6. The van der Waals surface area contributed by atoms with Gasteiger partial charge in [0.15, 0.2) is 6.10 Å². The van der Waals surface area contributed by atoms with Crippen LogP contribution in [0.5, 0.6) is 0 Å². The van der Waals surface area contributed by atoms with Gasteiger partial charge in [-0.05, 0) is 32.0 Å². The number of hydrogen-bond acceptors (Lipinski definition) is 5. The number of aromatic nitrogens is 1. The second-order valence-electron chi connectivity index (χ2n) is 4.49. The van der Waals surface area contributed by atoms with Crippen LogP contribution in [-0.2, 0) is 9.53 Å². The number of anilines is 1. The maximum absolute atomic E-state index is 13.6. The van der Waals surface area contributed by atoms with E-state index >= 15 is 0 Å². The Morgan fingerprint density at radius 1 is 1.41 bits per heavy atom. The van der Waals surface area contributed by atoms with E-state index in [1.165, 1.54) is 25.1 Å². The molecule has 0 aliphatic rings. The van der Waals surface area contributed by atoms with Crippen LogP contribution in [0.2, 0.25) is 0 Å². The van der Waals surface area contributed by atoms with Gasteiger partial charge in [-0.3, -0.25) is 4.79 Å². The molecule has 0 saturated heterocycles. The molecule has 1 aromatic heterocycles. The summed E-state index contributed by atoms with van der Waals surface area (Å²) >= 11 is 3.11. The Labute approximate surface area is 133 Å². The van der Waals surface area contributed by atoms with Crippen LogP contribution in [0.15, 0.2) is 33.3 Å². The smallest absolute Gasteiger partial charge is 0.377 e. The van der Waals surface area contributed by atoms with E-state index in [1.54, 1.807) is 13.0 Å². The standard InChI is InChI=1S/C14H12BrFN2O4/c1-7-5-12(22-18-7)14(20)21-8(2)13(19)17-11-4-3-9(15)6-10(11)16/h3-6,8H,1-2H3,(H,17,19)/t8-/m1/s1. The summed E-state index contributed by atoms with van der Waals surface area (Å²) in [7, 11) is 0. The van der Waals surface area contributed by atoms with Crippen LogP contribution in [0.4, 0.5) is 10.1 Å². The van der Waals surface area contributed by atoms with Gasteiger partial charge in [-0.2, -0.15) is 0 Å². The summed E-state index contributed by atoms with van der Waals surface area (Å²) in [5, 5.41) is 5.89. The molecule has 2 rings (SSSR count). The molecule has 0 spiro atoms. The molecule has 1 atom stereocenters. The Balaban J connectivity index is 1.98. The summed E-state index contributed by atoms with van der Waals surface area (Å²) in [6, 6.07) is 5.57. The van der Waals surface area contributed by atoms with E-state index in [4.69, 9.17) is 9.26 Å². The fraction of sp³-hybridized carbons (Fsp3) is 0.214. The highest BCUT2D eigenvalue weighted by Gasteiger charge is 2.22. The fourth-order valence-electron chi connectivity index (χ4n) is 1.56. The number of carbonyl (C=O) groups excluding carboxylic acids is 2. The number of esters is 1. The van der Waals surface area contributed by atoms with E-state index in [0.29, 0.717) is 10.2 Å². The van der Waals surface area contributed by atoms with Gasteiger partial charge in [-0.1, -0.05) is 21.1 Å². The molecule has 0 bridgehead atoms. The Morgan fingerprint density at radius 2 is 2.14 bits per heavy atom. The number of nitrogens with zero attached hydrogens (tertiary/aromatic N) is 1. The molecular weight excluding hydrogens is 359 g/mol. The molecule has 0 unspecified atom stereocenters. The van der Waals surface area contributed by atoms with Crippen molar-refractivity contribution in [2.45, 2.75) is 20.0 Å². The second kappa shape index (κ2) is 6.69. The summed E-state index contributed by atoms with van der Waals surface area (Å²) < 4.78 is 23.8. The van der Waals surface area contributed by atoms with Crippen LogP contribution in [-0.4, -0.2) is 23.1 Å². The first kappa shape index (κ1) is 16.2. The van der Waals surface area contributed by atoms with Crippen molar-refractivity contribution in [3.63, 3.8) is 0 Å². The van der Waals surface area contributed by atoms with Gasteiger partial charge >= 0.3 is 5.97 Å². The highest BCUT2D eigenvalue weighted by Crippen LogP contribution is 2.19. The highest BCUT2D eigenvalue weighted by atomic mass is 79.9. The lowest BCUT2D eigenvalue weighted by molar-refractivity contribution is -0.123. The Kier molecular flexibility index (Phi) is 4.92. The molecule has 0 radical (unpaired) electrons. The highest BCUT2D eigenvalue weighted by molar-refractivity contribution is 9.10. The minimum atomic E-state index is -1.12. The molecule has 8 heteroatoms. The van der Waals surface area contributed by atoms with E-state index in [0.717, 1.165) is 0 Å². The minimum absolute atomic E-state index is 0.00777. The average molecular weight is 371 g/mol. The topological polar surface area (TPSA) is 81.4 Å². The van der Waals surface area contributed by atoms with Crippen LogP contribution in [0.3, 0.4) is 0 Å². The van der Waals surface area contributed by atoms with Crippen LogP contribution >= 0.6 is 15.9 Å². The van der Waals surface area contributed by atoms with E-state index in [1.807, 2.05) is 0 Å². The molecule has 0 aliphatic heterocycles. The largest absolute Gasteiger partial charge is 0.447 e. The summed E-state index contributed by atoms with van der Waals surface area (Å²) in [5.41, 5.74) is 0.507. The molecule has 1 N–H and O–H groups in total. The maximum Gasteiger partial charge on any atom is 0.377 e. The number of benzene rings is 1. The third-order valence-corrected chi connectivity index (χ3v) is 3.16. The molecule has 1 aromatic carbocycles. The number of nitrogens with one attached hydrogen (secondary N) is 1. The first-order chi connectivity index (χ1) is 10.4. The van der Waals surface area contributed by atoms with Gasteiger partial charge in [-0.25, -0.2) is 9.18 Å². The molecule has 1 amide bonds. The van der Waals surface area contributed by atoms with E-state index in [9.17, 15) is 14.0 Å². The van der Waals surface area contributed by atoms with Gasteiger partial charge in [0.1, 0.15) is 5.82 Å². The molecule has 0 saturated carbocycles. The van der Waals surface area contributed by atoms with Crippen molar-refractivity contribution in [1.82, 2.24) is 5.16 Å². The summed E-state index contributed by atoms with van der Waals surface area (Å²) in [6.07, 6.45) is -1.12. The van der Waals surface area contributed by atoms with E-state index in [2.05, 4.69) is 26.4 Å². The molecular formula is C14H12BrFN2O4. The van der Waals surface area contributed by atoms with Crippen LogP contribution in [0.25, 0.3) is 0 Å². The first-order valence-electron chi connectivity index (χ1n) is 6.27. The van der Waals surface area contributed by atoms with Gasteiger partial charge in [0.25, 0.3) is 5.91 Å². The number of aryl methyl sites for hydroxylation is 1. The Bertz CT molecular complexity index is 717. The Morgan fingerprint density at radius 3 is 2.73 bits per heavy atom. The number of rotatable bonds is 4. The quantitative estimate of drug-likeness (QED) is 0.836. The number of ether oxygens (including phenoxy) is 1. The van der Waals surface area contributed by atoms with E-state index in [-0.39, 0.29) is 11.4 Å². The van der Waals surface area contributed by atoms with Crippen LogP contribution < -0.4 is 5.32 Å². The second-order valence-corrected chi connectivity index (χ2v) is 5.41. The molecule has 6 nitrogen and oxygen atoms in total. The summed E-state index contributed by atoms with van der Waals surface area (Å²) in [6.45, 7) is 3.01. The molecule has 0 fully saturated rings. The molecule has 22 heavy (non-hydrogen) atoms. The molecule has 1 heterocycles. The predicted molar refractivity (Wildman–Crippen MR) is 78.8 cm³/mol. The SMILES string of the molecule is Cc1cc(C(=O)O[C@H](C)C(=O)Nc2ccc(Br)cc2F)on1. The van der Waals surface area contributed by atoms with Gasteiger partial charge in [0.2, 0.25) is 5.76 Å². The number of amides is 1. The van der Waals surface area contributed by atoms with Gasteiger partial charge in [-0.15, -0.1) is 0 Å². The lowest BCUT2D eigenvalue weighted by atomic mass is 10.3. The summed E-state index contributed by atoms with van der Waals surface area (Å²) in [5.74, 6) is -2.19. The average Bonchev–Trinajstić information content (AvgIpc) is 2.88. The van der Waals surface area contributed by atoms with Gasteiger partial charge in [0.05, 0.1) is 11.4 Å². The van der Waals surface area contributed by atoms with Crippen molar-refractivity contribution in [2.75, 3.05) is 5.32 Å². The molecule has 2 aromatic rings. The van der Waals surface area contributed by atoms with Crippen molar-refractivity contribution in [1.29, 1.82) is 0 Å². The summed E-state index contributed by atoms with van der Waals surface area (Å²) in [4.78, 5) is 23.6. The molecule has 0 aliphatic carbocycles.